The van der Waals surface area contributed by atoms with Gasteiger partial charge in [0.2, 0.25) is 0 Å². The first-order valence-corrected chi connectivity index (χ1v) is 6.08. The van der Waals surface area contributed by atoms with Crippen molar-refractivity contribution in [2.75, 3.05) is 5.32 Å². The van der Waals surface area contributed by atoms with Crippen LogP contribution in [0.5, 0.6) is 0 Å². The zero-order valence-corrected chi connectivity index (χ0v) is 10.8. The molecule has 1 aromatic carbocycles. The normalized spacial score (nSPS) is 10.5. The van der Waals surface area contributed by atoms with E-state index in [1.165, 1.54) is 5.69 Å². The lowest BCUT2D eigenvalue weighted by atomic mass is 10.3. The van der Waals surface area contributed by atoms with E-state index >= 15 is 0 Å². The highest BCUT2D eigenvalue weighted by Gasteiger charge is 2.03. The lowest BCUT2D eigenvalue weighted by Crippen LogP contribution is -2.05. The summed E-state index contributed by atoms with van der Waals surface area (Å²) in [5.74, 6) is 0. The van der Waals surface area contributed by atoms with Gasteiger partial charge in [0.1, 0.15) is 0 Å². The van der Waals surface area contributed by atoms with Crippen molar-refractivity contribution in [3.8, 4) is 0 Å². The van der Waals surface area contributed by atoms with Crippen molar-refractivity contribution in [1.29, 1.82) is 0 Å². The van der Waals surface area contributed by atoms with Gasteiger partial charge in [-0.25, -0.2) is 0 Å². The Bertz CT molecular complexity index is 505. The fourth-order valence-corrected chi connectivity index (χ4v) is 1.89. The van der Waals surface area contributed by atoms with Gasteiger partial charge in [0.15, 0.2) is 0 Å². The summed E-state index contributed by atoms with van der Waals surface area (Å²) in [5.41, 5.74) is 3.31. The molecule has 1 aromatic heterocycles. The van der Waals surface area contributed by atoms with Crippen molar-refractivity contribution < 1.29 is 0 Å². The van der Waals surface area contributed by atoms with Crippen molar-refractivity contribution in [3.63, 3.8) is 0 Å². The van der Waals surface area contributed by atoms with E-state index in [0.29, 0.717) is 0 Å². The number of hydrogen-bond acceptors (Lipinski definition) is 2. The predicted molar refractivity (Wildman–Crippen MR) is 71.4 cm³/mol. The molecule has 0 unspecified atom stereocenters. The Hall–Kier alpha value is -1.48. The minimum absolute atomic E-state index is 0.745. The Balaban J connectivity index is 2.04. The molecule has 0 radical (unpaired) electrons. The van der Waals surface area contributed by atoms with E-state index in [-0.39, 0.29) is 0 Å². The van der Waals surface area contributed by atoms with Gasteiger partial charge in [-0.1, -0.05) is 24.6 Å². The van der Waals surface area contributed by atoms with Crippen LogP contribution in [0, 0.1) is 0 Å². The van der Waals surface area contributed by atoms with Crippen LogP contribution >= 0.6 is 11.6 Å². The molecule has 0 aliphatic heterocycles. The van der Waals surface area contributed by atoms with Crippen LogP contribution in [0.1, 0.15) is 18.3 Å². The van der Waals surface area contributed by atoms with Crippen molar-refractivity contribution in [2.24, 2.45) is 7.05 Å². The van der Waals surface area contributed by atoms with Crippen LogP contribution < -0.4 is 5.32 Å². The van der Waals surface area contributed by atoms with E-state index in [2.05, 4.69) is 23.4 Å². The first kappa shape index (κ1) is 12.0. The molecule has 0 fully saturated rings. The predicted octanol–water partition coefficient (Wildman–Crippen LogP) is 3.25. The van der Waals surface area contributed by atoms with Gasteiger partial charge in [-0.15, -0.1) is 0 Å². The van der Waals surface area contributed by atoms with Crippen LogP contribution in [-0.2, 0) is 20.0 Å². The zero-order valence-electron chi connectivity index (χ0n) is 10.1. The van der Waals surface area contributed by atoms with Gasteiger partial charge in [0, 0.05) is 17.8 Å². The highest BCUT2D eigenvalue weighted by atomic mass is 35.5. The summed E-state index contributed by atoms with van der Waals surface area (Å²) in [4.78, 5) is 0. The standard InChI is InChI=1S/C13H16ClN3/c1-3-11-8-13(17(2)16-11)9-15-12-6-4-5-10(14)7-12/h4-8,15H,3,9H2,1-2H3. The molecule has 3 nitrogen and oxygen atoms in total. The van der Waals surface area contributed by atoms with E-state index in [1.807, 2.05) is 36.0 Å². The molecule has 4 heteroatoms. The molecule has 1 heterocycles. The van der Waals surface area contributed by atoms with Crippen LogP contribution in [0.15, 0.2) is 30.3 Å². The average Bonchev–Trinajstić information content (AvgIpc) is 2.68. The van der Waals surface area contributed by atoms with E-state index in [0.717, 1.165) is 29.4 Å². The maximum atomic E-state index is 5.93. The van der Waals surface area contributed by atoms with Gasteiger partial charge < -0.3 is 5.32 Å². The third kappa shape index (κ3) is 3.01. The average molecular weight is 250 g/mol. The van der Waals surface area contributed by atoms with E-state index in [4.69, 9.17) is 11.6 Å². The second-order valence-electron chi connectivity index (χ2n) is 3.97. The number of nitrogens with zero attached hydrogens (tertiary/aromatic N) is 2. The molecule has 0 atom stereocenters. The lowest BCUT2D eigenvalue weighted by molar-refractivity contribution is 0.707. The number of rotatable bonds is 4. The fraction of sp³-hybridized carbons (Fsp3) is 0.308. The smallest absolute Gasteiger partial charge is 0.0625 e. The van der Waals surface area contributed by atoms with Gasteiger partial charge in [-0.3, -0.25) is 4.68 Å². The summed E-state index contributed by atoms with van der Waals surface area (Å²) in [5, 5.41) is 8.49. The quantitative estimate of drug-likeness (QED) is 0.902. The second-order valence-corrected chi connectivity index (χ2v) is 4.40. The molecular weight excluding hydrogens is 234 g/mol. The van der Waals surface area contributed by atoms with Gasteiger partial charge >= 0.3 is 0 Å². The van der Waals surface area contributed by atoms with Crippen molar-refractivity contribution in [1.82, 2.24) is 9.78 Å². The zero-order chi connectivity index (χ0) is 12.3. The minimum atomic E-state index is 0.745. The molecule has 0 saturated heterocycles. The second kappa shape index (κ2) is 5.23. The molecular formula is C13H16ClN3. The summed E-state index contributed by atoms with van der Waals surface area (Å²) >= 11 is 5.93. The van der Waals surface area contributed by atoms with Gasteiger partial charge in [-0.05, 0) is 30.7 Å². The summed E-state index contributed by atoms with van der Waals surface area (Å²) in [7, 11) is 1.97. The molecule has 17 heavy (non-hydrogen) atoms. The van der Waals surface area contributed by atoms with Crippen molar-refractivity contribution in [2.45, 2.75) is 19.9 Å². The maximum absolute atomic E-state index is 5.93. The van der Waals surface area contributed by atoms with Gasteiger partial charge in [0.25, 0.3) is 0 Å². The third-order valence-corrected chi connectivity index (χ3v) is 2.92. The molecule has 0 spiro atoms. The van der Waals surface area contributed by atoms with E-state index in [1.54, 1.807) is 0 Å². The van der Waals surface area contributed by atoms with Crippen LogP contribution in [0.25, 0.3) is 0 Å². The van der Waals surface area contributed by atoms with Crippen molar-refractivity contribution >= 4 is 17.3 Å². The lowest BCUT2D eigenvalue weighted by Gasteiger charge is -2.06. The largest absolute Gasteiger partial charge is 0.379 e. The molecule has 2 aromatic rings. The molecule has 1 N–H and O–H groups in total. The molecule has 90 valence electrons. The Morgan fingerprint density at radius 3 is 2.82 bits per heavy atom. The Labute approximate surface area is 106 Å². The maximum Gasteiger partial charge on any atom is 0.0625 e. The fourth-order valence-electron chi connectivity index (χ4n) is 1.70. The van der Waals surface area contributed by atoms with Crippen LogP contribution in [0.2, 0.25) is 5.02 Å². The van der Waals surface area contributed by atoms with Crippen molar-refractivity contribution in [3.05, 3.63) is 46.7 Å². The topological polar surface area (TPSA) is 29.9 Å². The summed E-state index contributed by atoms with van der Waals surface area (Å²) < 4.78 is 1.91. The van der Waals surface area contributed by atoms with E-state index < -0.39 is 0 Å². The molecule has 0 amide bonds. The number of benzene rings is 1. The Morgan fingerprint density at radius 1 is 1.35 bits per heavy atom. The molecule has 0 aliphatic rings. The number of aromatic nitrogens is 2. The Morgan fingerprint density at radius 2 is 2.18 bits per heavy atom. The highest BCUT2D eigenvalue weighted by Crippen LogP contribution is 2.16. The number of hydrogen-bond donors (Lipinski definition) is 1. The first-order chi connectivity index (χ1) is 8.19. The summed E-state index contributed by atoms with van der Waals surface area (Å²) in [6, 6.07) is 9.84. The van der Waals surface area contributed by atoms with Gasteiger partial charge in [-0.2, -0.15) is 5.10 Å². The first-order valence-electron chi connectivity index (χ1n) is 5.70. The minimum Gasteiger partial charge on any atom is -0.379 e. The monoisotopic (exact) mass is 249 g/mol. The number of halogens is 1. The van der Waals surface area contributed by atoms with Crippen LogP contribution in [-0.4, -0.2) is 9.78 Å². The molecule has 2 rings (SSSR count). The third-order valence-electron chi connectivity index (χ3n) is 2.69. The Kier molecular flexibility index (Phi) is 3.69. The molecule has 0 aliphatic carbocycles. The van der Waals surface area contributed by atoms with E-state index in [9.17, 15) is 0 Å². The van der Waals surface area contributed by atoms with Gasteiger partial charge in [0.05, 0.1) is 17.9 Å². The number of nitrogens with one attached hydrogen (secondary N) is 1. The summed E-state index contributed by atoms with van der Waals surface area (Å²) in [6.07, 6.45) is 0.963. The SMILES string of the molecule is CCc1cc(CNc2cccc(Cl)c2)n(C)n1. The van der Waals surface area contributed by atoms with Crippen LogP contribution in [0.3, 0.4) is 0 Å². The number of aryl methyl sites for hydroxylation is 2. The number of anilines is 1. The van der Waals surface area contributed by atoms with Crippen LogP contribution in [0.4, 0.5) is 5.69 Å². The highest BCUT2D eigenvalue weighted by molar-refractivity contribution is 6.30. The molecule has 0 saturated carbocycles. The summed E-state index contributed by atoms with van der Waals surface area (Å²) in [6.45, 7) is 2.86. The molecule has 0 bridgehead atoms.